The Morgan fingerprint density at radius 1 is 0.571 bits per heavy atom. The van der Waals surface area contributed by atoms with Gasteiger partial charge in [-0.15, -0.1) is 0 Å². The Balaban J connectivity index is 2.32. The molecule has 0 heterocycles. The Hall–Kier alpha value is 0. The van der Waals surface area contributed by atoms with E-state index in [9.17, 15) is 0 Å². The lowest BCUT2D eigenvalue weighted by Gasteiger charge is -2.46. The Kier molecular flexibility index (Phi) is 7.48. The van der Waals surface area contributed by atoms with Gasteiger partial charge in [-0.05, 0) is 82.9 Å². The molecule has 0 heteroatoms. The summed E-state index contributed by atoms with van der Waals surface area (Å²) in [4.78, 5) is 0. The van der Waals surface area contributed by atoms with Gasteiger partial charge in [0.15, 0.2) is 0 Å². The molecule has 2 saturated carbocycles. The molecule has 0 saturated heterocycles. The number of hydrogen-bond donors (Lipinski definition) is 0. The molecule has 0 bridgehead atoms. The van der Waals surface area contributed by atoms with Crippen molar-refractivity contribution >= 4 is 0 Å². The molecule has 28 heavy (non-hydrogen) atoms. The van der Waals surface area contributed by atoms with Crippen molar-refractivity contribution in [3.05, 3.63) is 0 Å². The lowest BCUT2D eigenvalue weighted by Crippen LogP contribution is -2.40. The average Bonchev–Trinajstić information content (AvgIpc) is 2.87. The van der Waals surface area contributed by atoms with Gasteiger partial charge in [-0.2, -0.15) is 0 Å². The molecule has 0 amide bonds. The summed E-state index contributed by atoms with van der Waals surface area (Å²) >= 11 is 0. The van der Waals surface area contributed by atoms with Crippen LogP contribution in [0, 0.1) is 70.0 Å². The SMILES string of the molecule is CCCC1C(C)C(C)C(C(C)C(C)C2C(C)C(C)C(CCC)C2(C)C)C1(C)C. The maximum atomic E-state index is 2.63. The topological polar surface area (TPSA) is 0 Å². The van der Waals surface area contributed by atoms with E-state index in [2.05, 4.69) is 83.1 Å². The van der Waals surface area contributed by atoms with Crippen LogP contribution in [0.3, 0.4) is 0 Å². The third-order valence-corrected chi connectivity index (χ3v) is 10.9. The zero-order valence-electron chi connectivity index (χ0n) is 21.6. The first kappa shape index (κ1) is 24.3. The summed E-state index contributed by atoms with van der Waals surface area (Å²) < 4.78 is 0. The molecule has 0 aliphatic heterocycles. The van der Waals surface area contributed by atoms with Gasteiger partial charge in [-0.1, -0.05) is 95.9 Å². The molecule has 2 fully saturated rings. The van der Waals surface area contributed by atoms with Crippen LogP contribution >= 0.6 is 0 Å². The lowest BCUT2D eigenvalue weighted by atomic mass is 9.59. The van der Waals surface area contributed by atoms with E-state index in [1.807, 2.05) is 0 Å². The predicted molar refractivity (Wildman–Crippen MR) is 126 cm³/mol. The van der Waals surface area contributed by atoms with Crippen LogP contribution in [0.1, 0.15) is 109 Å². The summed E-state index contributed by atoms with van der Waals surface area (Å²) in [6.07, 6.45) is 5.50. The third-order valence-electron chi connectivity index (χ3n) is 10.9. The van der Waals surface area contributed by atoms with E-state index in [-0.39, 0.29) is 0 Å². The minimum Gasteiger partial charge on any atom is -0.0654 e. The molecule has 2 aliphatic carbocycles. The maximum absolute atomic E-state index is 2.63. The molecule has 10 unspecified atom stereocenters. The van der Waals surface area contributed by atoms with E-state index in [1.54, 1.807) is 0 Å². The molecule has 0 aromatic carbocycles. The highest BCUT2D eigenvalue weighted by Gasteiger charge is 2.57. The summed E-state index contributed by atoms with van der Waals surface area (Å²) in [5, 5.41) is 0. The molecular weight excluding hydrogens is 336 g/mol. The van der Waals surface area contributed by atoms with E-state index in [0.717, 1.165) is 59.2 Å². The zero-order chi connectivity index (χ0) is 21.6. The highest BCUT2D eigenvalue weighted by molar-refractivity contribution is 5.05. The quantitative estimate of drug-likeness (QED) is 0.407. The Labute approximate surface area is 179 Å². The molecular formula is C28H54. The van der Waals surface area contributed by atoms with Gasteiger partial charge in [-0.3, -0.25) is 0 Å². The second-order valence-electron chi connectivity index (χ2n) is 12.6. The van der Waals surface area contributed by atoms with Crippen LogP contribution in [0.5, 0.6) is 0 Å². The number of rotatable bonds is 7. The summed E-state index contributed by atoms with van der Waals surface area (Å²) in [5.74, 6) is 8.59. The maximum Gasteiger partial charge on any atom is -0.0290 e. The summed E-state index contributed by atoms with van der Waals surface area (Å²) in [6.45, 7) is 30.8. The van der Waals surface area contributed by atoms with Crippen LogP contribution in [0.4, 0.5) is 0 Å². The second-order valence-corrected chi connectivity index (χ2v) is 12.6. The van der Waals surface area contributed by atoms with E-state index in [0.29, 0.717) is 10.8 Å². The molecule has 2 rings (SSSR count). The largest absolute Gasteiger partial charge is 0.0654 e. The molecule has 0 aromatic rings. The van der Waals surface area contributed by atoms with Crippen molar-refractivity contribution in [2.24, 2.45) is 70.0 Å². The highest BCUT2D eigenvalue weighted by Crippen LogP contribution is 2.63. The van der Waals surface area contributed by atoms with Crippen molar-refractivity contribution in [3.8, 4) is 0 Å². The molecule has 0 radical (unpaired) electrons. The molecule has 0 aromatic heterocycles. The van der Waals surface area contributed by atoms with Gasteiger partial charge < -0.3 is 0 Å². The fourth-order valence-corrected chi connectivity index (χ4v) is 9.45. The van der Waals surface area contributed by atoms with Gasteiger partial charge in [0.1, 0.15) is 0 Å². The molecule has 0 spiro atoms. The van der Waals surface area contributed by atoms with Crippen molar-refractivity contribution in [1.29, 1.82) is 0 Å². The van der Waals surface area contributed by atoms with E-state index in [1.165, 1.54) is 25.7 Å². The monoisotopic (exact) mass is 390 g/mol. The summed E-state index contributed by atoms with van der Waals surface area (Å²) in [5.41, 5.74) is 0.950. The lowest BCUT2D eigenvalue weighted by molar-refractivity contribution is 0.0224. The van der Waals surface area contributed by atoms with Gasteiger partial charge in [0, 0.05) is 0 Å². The summed E-state index contributed by atoms with van der Waals surface area (Å²) in [6, 6.07) is 0. The van der Waals surface area contributed by atoms with Crippen LogP contribution in [0.15, 0.2) is 0 Å². The Bertz CT molecular complexity index is 454. The third kappa shape index (κ3) is 3.73. The zero-order valence-corrected chi connectivity index (χ0v) is 21.6. The molecule has 166 valence electrons. The summed E-state index contributed by atoms with van der Waals surface area (Å²) in [7, 11) is 0. The van der Waals surface area contributed by atoms with Crippen LogP contribution in [-0.2, 0) is 0 Å². The van der Waals surface area contributed by atoms with Gasteiger partial charge in [0.25, 0.3) is 0 Å². The average molecular weight is 391 g/mol. The van der Waals surface area contributed by atoms with Gasteiger partial charge in [-0.25, -0.2) is 0 Å². The molecule has 0 N–H and O–H groups in total. The van der Waals surface area contributed by atoms with E-state index >= 15 is 0 Å². The van der Waals surface area contributed by atoms with Crippen molar-refractivity contribution in [2.75, 3.05) is 0 Å². The fourth-order valence-electron chi connectivity index (χ4n) is 9.45. The molecule has 0 nitrogen and oxygen atoms in total. The van der Waals surface area contributed by atoms with Crippen molar-refractivity contribution in [2.45, 2.75) is 109 Å². The second kappa shape index (κ2) is 8.63. The first-order chi connectivity index (χ1) is 12.8. The Morgan fingerprint density at radius 3 is 1.11 bits per heavy atom. The predicted octanol–water partition coefficient (Wildman–Crippen LogP) is 8.95. The van der Waals surface area contributed by atoms with Gasteiger partial charge in [0.2, 0.25) is 0 Å². The van der Waals surface area contributed by atoms with Crippen LogP contribution in [0.25, 0.3) is 0 Å². The smallest absolute Gasteiger partial charge is 0.0290 e. The van der Waals surface area contributed by atoms with Gasteiger partial charge in [0.05, 0.1) is 0 Å². The van der Waals surface area contributed by atoms with Crippen LogP contribution < -0.4 is 0 Å². The first-order valence-electron chi connectivity index (χ1n) is 12.8. The van der Waals surface area contributed by atoms with Crippen LogP contribution in [-0.4, -0.2) is 0 Å². The van der Waals surface area contributed by atoms with Crippen molar-refractivity contribution in [3.63, 3.8) is 0 Å². The minimum absolute atomic E-state index is 0.475. The number of hydrogen-bond acceptors (Lipinski definition) is 0. The van der Waals surface area contributed by atoms with E-state index in [4.69, 9.17) is 0 Å². The van der Waals surface area contributed by atoms with Crippen molar-refractivity contribution < 1.29 is 0 Å². The molecule has 10 atom stereocenters. The normalized spacial score (nSPS) is 44.6. The van der Waals surface area contributed by atoms with E-state index < -0.39 is 0 Å². The minimum atomic E-state index is 0.475. The Morgan fingerprint density at radius 2 is 0.857 bits per heavy atom. The first-order valence-corrected chi connectivity index (χ1v) is 12.8. The van der Waals surface area contributed by atoms with Crippen molar-refractivity contribution in [1.82, 2.24) is 0 Å². The fraction of sp³-hybridized carbons (Fsp3) is 1.00. The van der Waals surface area contributed by atoms with Crippen LogP contribution in [0.2, 0.25) is 0 Å². The highest BCUT2D eigenvalue weighted by atomic mass is 14.6. The standard InChI is InChI=1S/C28H54/c1-13-15-23-17(3)19(5)25(27(23,9)10)21(7)22(8)26-20(6)18(4)24(16-14-2)28(26,11)12/h17-26H,13-16H2,1-12H3. The van der Waals surface area contributed by atoms with Gasteiger partial charge >= 0.3 is 0 Å². The molecule has 2 aliphatic rings.